The fourth-order valence-corrected chi connectivity index (χ4v) is 6.13. The number of halogens is 2. The quantitative estimate of drug-likeness (QED) is 0.282. The molecule has 1 atom stereocenters. The average Bonchev–Trinajstić information content (AvgIpc) is 3.27. The van der Waals surface area contributed by atoms with Gasteiger partial charge in [-0.2, -0.15) is 5.10 Å². The maximum Gasteiger partial charge on any atom is 0.240 e. The highest BCUT2D eigenvalue weighted by Gasteiger charge is 2.40. The van der Waals surface area contributed by atoms with E-state index in [0.29, 0.717) is 35.1 Å². The molecule has 0 bridgehead atoms. The lowest BCUT2D eigenvalue weighted by Gasteiger charge is -2.24. The van der Waals surface area contributed by atoms with Gasteiger partial charge in [0.15, 0.2) is 0 Å². The monoisotopic (exact) mass is 584 g/mol. The lowest BCUT2D eigenvalue weighted by molar-refractivity contribution is -0.122. The standard InChI is InChI=1S/C31H38F2N4O3S/c1-6-7-8-9-16-34-25(38)18-36-26(39)19-41-28(23-15-10-20(32)17-24(23)33)27-29(31(2,3)4)35-37(30(27)36)21-11-13-22(40-5)14-12-21/h10-15,17,28H,6-9,16,18-19H2,1-5H3,(H,34,38). The van der Waals surface area contributed by atoms with Gasteiger partial charge in [0.25, 0.3) is 0 Å². The fraction of sp³-hybridized carbons (Fsp3) is 0.452. The zero-order chi connectivity index (χ0) is 29.7. The van der Waals surface area contributed by atoms with Crippen molar-refractivity contribution < 1.29 is 23.1 Å². The first-order valence-corrected chi connectivity index (χ1v) is 15.0. The van der Waals surface area contributed by atoms with Crippen LogP contribution in [0, 0.1) is 11.6 Å². The molecule has 3 aromatic rings. The van der Waals surface area contributed by atoms with Crippen LogP contribution in [-0.2, 0) is 15.0 Å². The maximum absolute atomic E-state index is 15.3. The summed E-state index contributed by atoms with van der Waals surface area (Å²) >= 11 is 1.25. The van der Waals surface area contributed by atoms with Crippen LogP contribution in [0.5, 0.6) is 5.75 Å². The number of carbonyl (C=O) groups is 2. The molecule has 0 saturated heterocycles. The number of rotatable bonds is 10. The summed E-state index contributed by atoms with van der Waals surface area (Å²) < 4.78 is 36.2. The van der Waals surface area contributed by atoms with E-state index in [4.69, 9.17) is 9.84 Å². The van der Waals surface area contributed by atoms with E-state index in [1.807, 2.05) is 32.9 Å². The van der Waals surface area contributed by atoms with E-state index >= 15 is 4.39 Å². The molecule has 4 rings (SSSR count). The molecule has 41 heavy (non-hydrogen) atoms. The smallest absolute Gasteiger partial charge is 0.240 e. The Morgan fingerprint density at radius 1 is 1.12 bits per heavy atom. The van der Waals surface area contributed by atoms with Gasteiger partial charge in [0.2, 0.25) is 11.8 Å². The number of nitrogens with one attached hydrogen (secondary N) is 1. The second-order valence-corrected chi connectivity index (χ2v) is 12.3. The van der Waals surface area contributed by atoms with Crippen LogP contribution in [0.25, 0.3) is 5.69 Å². The number of thioether (sulfide) groups is 1. The second kappa shape index (κ2) is 13.1. The third kappa shape index (κ3) is 6.92. The normalized spacial score (nSPS) is 15.4. The van der Waals surface area contributed by atoms with Gasteiger partial charge in [-0.1, -0.05) is 53.0 Å². The minimum absolute atomic E-state index is 0.00609. The molecule has 0 spiro atoms. The first kappa shape index (κ1) is 30.6. The highest BCUT2D eigenvalue weighted by atomic mass is 32.2. The number of ether oxygens (including phenoxy) is 1. The Balaban J connectivity index is 1.88. The first-order chi connectivity index (χ1) is 19.5. The van der Waals surface area contributed by atoms with Crippen LogP contribution >= 0.6 is 11.8 Å². The van der Waals surface area contributed by atoms with Crippen molar-refractivity contribution in [3.63, 3.8) is 0 Å². The van der Waals surface area contributed by atoms with E-state index in [2.05, 4.69) is 12.2 Å². The third-order valence-electron chi connectivity index (χ3n) is 7.02. The maximum atomic E-state index is 15.3. The Morgan fingerprint density at radius 3 is 2.49 bits per heavy atom. The highest BCUT2D eigenvalue weighted by Crippen LogP contribution is 2.49. The SMILES string of the molecule is CCCCCCNC(=O)CN1C(=O)CSC(c2ccc(F)cc2F)c2c(C(C)(C)C)nn(-c3ccc(OC)cc3)c21. The van der Waals surface area contributed by atoms with Gasteiger partial charge in [-0.05, 0) is 36.8 Å². The number of methoxy groups -OCH3 is 1. The molecule has 10 heteroatoms. The number of anilines is 1. The molecule has 2 amide bonds. The molecule has 0 fully saturated rings. The molecule has 1 unspecified atom stereocenters. The summed E-state index contributed by atoms with van der Waals surface area (Å²) in [5.41, 5.74) is 1.69. The Bertz CT molecular complexity index is 1390. The zero-order valence-corrected chi connectivity index (χ0v) is 25.1. The molecule has 0 aliphatic carbocycles. The molecule has 7 nitrogen and oxygen atoms in total. The van der Waals surface area contributed by atoms with E-state index < -0.39 is 22.3 Å². The van der Waals surface area contributed by atoms with Crippen molar-refractivity contribution in [2.45, 2.75) is 64.0 Å². The predicted octanol–water partition coefficient (Wildman–Crippen LogP) is 6.32. The van der Waals surface area contributed by atoms with Gasteiger partial charge in [-0.25, -0.2) is 13.5 Å². The summed E-state index contributed by atoms with van der Waals surface area (Å²) in [6, 6.07) is 10.7. The molecule has 220 valence electrons. The lowest BCUT2D eigenvalue weighted by Crippen LogP contribution is -2.42. The molecular weight excluding hydrogens is 546 g/mol. The van der Waals surface area contributed by atoms with Crippen molar-refractivity contribution in [3.05, 3.63) is 70.9 Å². The molecule has 1 aliphatic rings. The second-order valence-electron chi connectivity index (χ2n) is 11.2. The third-order valence-corrected chi connectivity index (χ3v) is 8.25. The van der Waals surface area contributed by atoms with Crippen LogP contribution in [0.3, 0.4) is 0 Å². The summed E-state index contributed by atoms with van der Waals surface area (Å²) in [4.78, 5) is 28.3. The van der Waals surface area contributed by atoms with E-state index in [-0.39, 0.29) is 29.7 Å². The fourth-order valence-electron chi connectivity index (χ4n) is 4.92. The van der Waals surface area contributed by atoms with Crippen LogP contribution < -0.4 is 15.0 Å². The Labute approximate surface area is 244 Å². The largest absolute Gasteiger partial charge is 0.497 e. The Hall–Kier alpha value is -3.40. The number of nitrogens with zero attached hydrogens (tertiary/aromatic N) is 3. The van der Waals surface area contributed by atoms with Crippen LogP contribution in [0.15, 0.2) is 42.5 Å². The summed E-state index contributed by atoms with van der Waals surface area (Å²) in [5, 5.41) is 7.27. The predicted molar refractivity (Wildman–Crippen MR) is 159 cm³/mol. The van der Waals surface area contributed by atoms with Crippen LogP contribution in [0.1, 0.15) is 75.4 Å². The summed E-state index contributed by atoms with van der Waals surface area (Å²) in [6.45, 7) is 8.44. The van der Waals surface area contributed by atoms with E-state index in [1.54, 1.807) is 23.9 Å². The van der Waals surface area contributed by atoms with Gasteiger partial charge in [-0.3, -0.25) is 14.5 Å². The van der Waals surface area contributed by atoms with Gasteiger partial charge in [-0.15, -0.1) is 11.8 Å². The van der Waals surface area contributed by atoms with Gasteiger partial charge < -0.3 is 10.1 Å². The molecule has 2 heterocycles. The number of carbonyl (C=O) groups excluding carboxylic acids is 2. The average molecular weight is 585 g/mol. The molecule has 1 N–H and O–H groups in total. The number of unbranched alkanes of at least 4 members (excludes halogenated alkanes) is 3. The van der Waals surface area contributed by atoms with Gasteiger partial charge in [0, 0.05) is 29.2 Å². The highest BCUT2D eigenvalue weighted by molar-refractivity contribution is 8.00. The van der Waals surface area contributed by atoms with Crippen LogP contribution in [0.2, 0.25) is 0 Å². The van der Waals surface area contributed by atoms with E-state index in [9.17, 15) is 14.0 Å². The van der Waals surface area contributed by atoms with Gasteiger partial charge >= 0.3 is 0 Å². The van der Waals surface area contributed by atoms with Crippen molar-refractivity contribution in [1.82, 2.24) is 15.1 Å². The van der Waals surface area contributed by atoms with E-state index in [1.165, 1.54) is 28.8 Å². The summed E-state index contributed by atoms with van der Waals surface area (Å²) in [5.74, 6) is -0.883. The molecule has 0 saturated carbocycles. The molecule has 1 aromatic heterocycles. The molecular formula is C31H38F2N4O3S. The first-order valence-electron chi connectivity index (χ1n) is 14.0. The van der Waals surface area contributed by atoms with Crippen molar-refractivity contribution >= 4 is 29.4 Å². The molecule has 0 radical (unpaired) electrons. The number of hydrogen-bond acceptors (Lipinski definition) is 5. The number of fused-ring (bicyclic) bond motifs is 1. The van der Waals surface area contributed by atoms with Gasteiger partial charge in [0.05, 0.1) is 29.5 Å². The van der Waals surface area contributed by atoms with Crippen molar-refractivity contribution in [2.75, 3.05) is 30.9 Å². The van der Waals surface area contributed by atoms with Crippen LogP contribution in [0.4, 0.5) is 14.6 Å². The summed E-state index contributed by atoms with van der Waals surface area (Å²) in [6.07, 6.45) is 4.07. The minimum Gasteiger partial charge on any atom is -0.497 e. The van der Waals surface area contributed by atoms with Crippen molar-refractivity contribution in [2.24, 2.45) is 0 Å². The lowest BCUT2D eigenvalue weighted by atomic mass is 9.87. The Morgan fingerprint density at radius 2 is 1.85 bits per heavy atom. The Kier molecular flexibility index (Phi) is 9.73. The number of benzene rings is 2. The van der Waals surface area contributed by atoms with E-state index in [0.717, 1.165) is 31.7 Å². The molecule has 1 aliphatic heterocycles. The van der Waals surface area contributed by atoms with Crippen LogP contribution in [-0.4, -0.2) is 47.5 Å². The summed E-state index contributed by atoms with van der Waals surface area (Å²) in [7, 11) is 1.58. The number of hydrogen-bond donors (Lipinski definition) is 1. The van der Waals surface area contributed by atoms with Crippen molar-refractivity contribution in [3.8, 4) is 11.4 Å². The minimum atomic E-state index is -0.698. The number of amides is 2. The molecule has 2 aromatic carbocycles. The topological polar surface area (TPSA) is 76.5 Å². The number of aromatic nitrogens is 2. The van der Waals surface area contributed by atoms with Gasteiger partial charge in [0.1, 0.15) is 29.7 Å². The zero-order valence-electron chi connectivity index (χ0n) is 24.3. The van der Waals surface area contributed by atoms with Crippen molar-refractivity contribution in [1.29, 1.82) is 0 Å².